The van der Waals surface area contributed by atoms with Crippen LogP contribution in [0.15, 0.2) is 41.2 Å². The van der Waals surface area contributed by atoms with Crippen molar-refractivity contribution in [2.75, 3.05) is 13.2 Å². The first-order chi connectivity index (χ1) is 12.7. The molecule has 0 spiro atoms. The Labute approximate surface area is 152 Å². The zero-order valence-corrected chi connectivity index (χ0v) is 15.1. The van der Waals surface area contributed by atoms with Gasteiger partial charge in [0.1, 0.15) is 11.6 Å². The maximum atomic E-state index is 5.72. The summed E-state index contributed by atoms with van der Waals surface area (Å²) >= 11 is 0. The number of pyridine rings is 1. The quantitative estimate of drug-likeness (QED) is 0.679. The molecule has 0 amide bonds. The molecule has 3 aromatic heterocycles. The highest BCUT2D eigenvalue weighted by molar-refractivity contribution is 5.13. The van der Waals surface area contributed by atoms with Crippen LogP contribution in [-0.4, -0.2) is 37.7 Å². The van der Waals surface area contributed by atoms with Crippen molar-refractivity contribution in [2.24, 2.45) is 0 Å². The topological polar surface area (TPSA) is 69.2 Å². The van der Waals surface area contributed by atoms with Gasteiger partial charge in [0.25, 0.3) is 0 Å². The second kappa shape index (κ2) is 7.29. The molecule has 136 valence electrons. The van der Waals surface area contributed by atoms with Gasteiger partial charge in [0.15, 0.2) is 0 Å². The summed E-state index contributed by atoms with van der Waals surface area (Å²) in [4.78, 5) is 11.2. The van der Waals surface area contributed by atoms with Crippen LogP contribution in [0.1, 0.15) is 35.9 Å². The van der Waals surface area contributed by atoms with Crippen LogP contribution < -0.4 is 4.74 Å². The molecule has 0 fully saturated rings. The van der Waals surface area contributed by atoms with Crippen molar-refractivity contribution < 1.29 is 9.26 Å². The van der Waals surface area contributed by atoms with E-state index in [9.17, 15) is 0 Å². The Balaban J connectivity index is 1.39. The molecule has 0 unspecified atom stereocenters. The van der Waals surface area contributed by atoms with Crippen LogP contribution in [0, 0.1) is 6.92 Å². The van der Waals surface area contributed by atoms with Crippen LogP contribution in [0.4, 0.5) is 0 Å². The Bertz CT molecular complexity index is 858. The predicted molar refractivity (Wildman–Crippen MR) is 95.7 cm³/mol. The monoisotopic (exact) mass is 353 g/mol. The molecule has 0 N–H and O–H groups in total. The third kappa shape index (κ3) is 3.48. The summed E-state index contributed by atoms with van der Waals surface area (Å²) in [5, 5.41) is 4.11. The Morgan fingerprint density at radius 1 is 1.27 bits per heavy atom. The molecule has 26 heavy (non-hydrogen) atoms. The molecule has 3 aromatic rings. The lowest BCUT2D eigenvalue weighted by Crippen LogP contribution is -2.37. The van der Waals surface area contributed by atoms with Gasteiger partial charge in [-0.3, -0.25) is 4.90 Å². The highest BCUT2D eigenvalue weighted by atomic mass is 16.5. The zero-order valence-electron chi connectivity index (χ0n) is 15.1. The minimum Gasteiger partial charge on any atom is -0.477 e. The Hall–Kier alpha value is -2.67. The highest BCUT2D eigenvalue weighted by Gasteiger charge is 2.27. The molecular weight excluding hydrogens is 330 g/mol. The third-order valence-electron chi connectivity index (χ3n) is 4.79. The van der Waals surface area contributed by atoms with Gasteiger partial charge in [-0.15, -0.1) is 0 Å². The molecule has 0 aliphatic carbocycles. The van der Waals surface area contributed by atoms with Crippen molar-refractivity contribution in [3.8, 4) is 5.88 Å². The molecule has 4 heterocycles. The molecule has 1 atom stereocenters. The number of hydrogen-bond donors (Lipinski definition) is 0. The SMILES string of the molecule is Cc1cc(CN2CCn3c(CCOc4ccccn4)cnc3[C@H]2C)no1. The van der Waals surface area contributed by atoms with E-state index >= 15 is 0 Å². The van der Waals surface area contributed by atoms with Gasteiger partial charge in [-0.1, -0.05) is 11.2 Å². The highest BCUT2D eigenvalue weighted by Crippen LogP contribution is 2.27. The van der Waals surface area contributed by atoms with E-state index in [1.165, 1.54) is 5.69 Å². The van der Waals surface area contributed by atoms with E-state index in [-0.39, 0.29) is 6.04 Å². The molecular formula is C19H23N5O2. The summed E-state index contributed by atoms with van der Waals surface area (Å²) < 4.78 is 13.2. The fourth-order valence-corrected chi connectivity index (χ4v) is 3.41. The van der Waals surface area contributed by atoms with Crippen LogP contribution in [0.3, 0.4) is 0 Å². The molecule has 0 bridgehead atoms. The first kappa shape index (κ1) is 16.8. The van der Waals surface area contributed by atoms with Gasteiger partial charge < -0.3 is 13.8 Å². The van der Waals surface area contributed by atoms with Crippen molar-refractivity contribution >= 4 is 0 Å². The Morgan fingerprint density at radius 2 is 2.19 bits per heavy atom. The largest absolute Gasteiger partial charge is 0.477 e. The lowest BCUT2D eigenvalue weighted by atomic mass is 10.2. The first-order valence-electron chi connectivity index (χ1n) is 8.95. The fraction of sp³-hybridized carbons (Fsp3) is 0.421. The summed E-state index contributed by atoms with van der Waals surface area (Å²) in [6.07, 6.45) is 4.53. The Morgan fingerprint density at radius 3 is 2.96 bits per heavy atom. The number of aromatic nitrogens is 4. The minimum absolute atomic E-state index is 0.242. The van der Waals surface area contributed by atoms with E-state index in [1.807, 2.05) is 37.4 Å². The van der Waals surface area contributed by atoms with Crippen LogP contribution in [-0.2, 0) is 19.5 Å². The van der Waals surface area contributed by atoms with Gasteiger partial charge in [-0.25, -0.2) is 9.97 Å². The lowest BCUT2D eigenvalue weighted by Gasteiger charge is -2.33. The number of imidazole rings is 1. The van der Waals surface area contributed by atoms with Gasteiger partial charge in [0.2, 0.25) is 5.88 Å². The van der Waals surface area contributed by atoms with Gasteiger partial charge in [-0.05, 0) is 19.9 Å². The zero-order chi connectivity index (χ0) is 17.9. The van der Waals surface area contributed by atoms with Crippen molar-refractivity contribution in [2.45, 2.75) is 39.4 Å². The first-order valence-corrected chi connectivity index (χ1v) is 8.95. The van der Waals surface area contributed by atoms with Crippen molar-refractivity contribution in [1.82, 2.24) is 24.6 Å². The molecule has 1 aliphatic rings. The minimum atomic E-state index is 0.242. The van der Waals surface area contributed by atoms with E-state index in [1.54, 1.807) is 6.20 Å². The van der Waals surface area contributed by atoms with Gasteiger partial charge in [0.05, 0.1) is 18.3 Å². The van der Waals surface area contributed by atoms with Gasteiger partial charge in [-0.2, -0.15) is 0 Å². The van der Waals surface area contributed by atoms with E-state index in [2.05, 4.69) is 31.5 Å². The van der Waals surface area contributed by atoms with E-state index in [0.717, 1.165) is 43.3 Å². The molecule has 7 heteroatoms. The number of hydrogen-bond acceptors (Lipinski definition) is 6. The average Bonchev–Trinajstić information content (AvgIpc) is 3.25. The maximum Gasteiger partial charge on any atom is 0.213 e. The molecule has 0 saturated heterocycles. The molecule has 1 aliphatic heterocycles. The number of rotatable bonds is 6. The van der Waals surface area contributed by atoms with Crippen LogP contribution in [0.2, 0.25) is 0 Å². The van der Waals surface area contributed by atoms with Gasteiger partial charge >= 0.3 is 0 Å². The van der Waals surface area contributed by atoms with Crippen molar-refractivity contribution in [3.05, 3.63) is 59.6 Å². The van der Waals surface area contributed by atoms with Crippen LogP contribution in [0.25, 0.3) is 0 Å². The fourth-order valence-electron chi connectivity index (χ4n) is 3.41. The second-order valence-corrected chi connectivity index (χ2v) is 6.60. The van der Waals surface area contributed by atoms with Crippen LogP contribution >= 0.6 is 0 Å². The van der Waals surface area contributed by atoms with Crippen LogP contribution in [0.5, 0.6) is 5.88 Å². The van der Waals surface area contributed by atoms with Crippen molar-refractivity contribution in [3.63, 3.8) is 0 Å². The lowest BCUT2D eigenvalue weighted by molar-refractivity contribution is 0.150. The third-order valence-corrected chi connectivity index (χ3v) is 4.79. The number of aryl methyl sites for hydroxylation is 1. The summed E-state index contributed by atoms with van der Waals surface area (Å²) in [6.45, 7) is 7.38. The number of ether oxygens (including phenoxy) is 1. The maximum absolute atomic E-state index is 5.72. The molecule has 0 radical (unpaired) electrons. The summed E-state index contributed by atoms with van der Waals surface area (Å²) in [5.74, 6) is 2.61. The predicted octanol–water partition coefficient (Wildman–Crippen LogP) is 2.77. The average molecular weight is 353 g/mol. The summed E-state index contributed by atoms with van der Waals surface area (Å²) in [7, 11) is 0. The molecule has 4 rings (SSSR count). The number of fused-ring (bicyclic) bond motifs is 1. The van der Waals surface area contributed by atoms with E-state index in [0.29, 0.717) is 12.5 Å². The second-order valence-electron chi connectivity index (χ2n) is 6.60. The summed E-state index contributed by atoms with van der Waals surface area (Å²) in [6, 6.07) is 7.92. The number of nitrogens with zero attached hydrogens (tertiary/aromatic N) is 5. The Kier molecular flexibility index (Phi) is 4.71. The standard InChI is InChI=1S/C19H23N5O2/c1-14-11-16(22-26-14)13-23-8-9-24-17(12-21-19(24)15(23)2)6-10-25-18-5-3-4-7-20-18/h3-5,7,11-12,15H,6,8-10,13H2,1-2H3/t15-/m1/s1. The van der Waals surface area contributed by atoms with Crippen molar-refractivity contribution in [1.29, 1.82) is 0 Å². The van der Waals surface area contributed by atoms with E-state index in [4.69, 9.17) is 9.26 Å². The van der Waals surface area contributed by atoms with E-state index < -0.39 is 0 Å². The van der Waals surface area contributed by atoms with Gasteiger partial charge in [0, 0.05) is 56.3 Å². The molecule has 0 aromatic carbocycles. The molecule has 0 saturated carbocycles. The normalized spacial score (nSPS) is 17.2. The molecule has 7 nitrogen and oxygen atoms in total. The summed E-state index contributed by atoms with van der Waals surface area (Å²) in [5.41, 5.74) is 2.18. The smallest absolute Gasteiger partial charge is 0.213 e.